The molecule has 0 aliphatic carbocycles. The van der Waals surface area contributed by atoms with Crippen LogP contribution < -0.4 is 5.32 Å². The van der Waals surface area contributed by atoms with Crippen molar-refractivity contribution in [1.82, 2.24) is 10.2 Å². The zero-order chi connectivity index (χ0) is 12.4. The van der Waals surface area contributed by atoms with Crippen LogP contribution in [0.4, 0.5) is 0 Å². The van der Waals surface area contributed by atoms with Gasteiger partial charge in [0, 0.05) is 31.8 Å². The number of likely N-dealkylation sites (tertiary alicyclic amines) is 1. The Bertz CT molecular complexity index is 319. The summed E-state index contributed by atoms with van der Waals surface area (Å²) in [6.45, 7) is 10.2. The van der Waals surface area contributed by atoms with Gasteiger partial charge in [-0.25, -0.2) is 0 Å². The second-order valence-electron chi connectivity index (χ2n) is 5.71. The minimum absolute atomic E-state index is 0.267. The van der Waals surface area contributed by atoms with Crippen LogP contribution in [0.25, 0.3) is 0 Å². The first kappa shape index (κ1) is 12.6. The van der Waals surface area contributed by atoms with E-state index in [-0.39, 0.29) is 5.91 Å². The summed E-state index contributed by atoms with van der Waals surface area (Å²) in [6, 6.07) is 0. The van der Waals surface area contributed by atoms with E-state index in [1.54, 1.807) is 0 Å². The van der Waals surface area contributed by atoms with Gasteiger partial charge in [-0.1, -0.05) is 13.8 Å². The largest absolute Gasteiger partial charge is 0.339 e. The van der Waals surface area contributed by atoms with Crippen molar-refractivity contribution in [2.75, 3.05) is 26.2 Å². The molecule has 2 fully saturated rings. The number of hydrogen-bond acceptors (Lipinski definition) is 2. The second-order valence-corrected chi connectivity index (χ2v) is 5.71. The van der Waals surface area contributed by atoms with Crippen LogP contribution >= 0.6 is 0 Å². The molecule has 0 atom stereocenters. The van der Waals surface area contributed by atoms with E-state index in [0.717, 1.165) is 43.6 Å². The molecule has 2 heterocycles. The number of hydrogen-bond donors (Lipinski definition) is 1. The number of carbonyl (C=O) groups is 1. The fourth-order valence-electron chi connectivity index (χ4n) is 2.67. The Balaban J connectivity index is 1.90. The Kier molecular flexibility index (Phi) is 3.87. The van der Waals surface area contributed by atoms with E-state index >= 15 is 0 Å². The van der Waals surface area contributed by atoms with Crippen molar-refractivity contribution in [1.29, 1.82) is 0 Å². The molecule has 0 saturated carbocycles. The van der Waals surface area contributed by atoms with Gasteiger partial charge in [0.25, 0.3) is 0 Å². The van der Waals surface area contributed by atoms with Crippen LogP contribution in [0.15, 0.2) is 11.1 Å². The highest BCUT2D eigenvalue weighted by molar-refractivity contribution is 5.94. The van der Waals surface area contributed by atoms with Gasteiger partial charge in [0.05, 0.1) is 0 Å². The molecule has 96 valence electrons. The lowest BCUT2D eigenvalue weighted by Crippen LogP contribution is -2.42. The summed E-state index contributed by atoms with van der Waals surface area (Å²) in [5, 5.41) is 3.19. The predicted octanol–water partition coefficient (Wildman–Crippen LogP) is 1.80. The molecule has 0 aromatic carbocycles. The zero-order valence-electron chi connectivity index (χ0n) is 11.3. The maximum atomic E-state index is 12.2. The van der Waals surface area contributed by atoms with E-state index in [2.05, 4.69) is 19.2 Å². The van der Waals surface area contributed by atoms with Gasteiger partial charge in [0.2, 0.25) is 5.91 Å². The molecule has 2 aliphatic rings. The Morgan fingerprint density at radius 3 is 2.29 bits per heavy atom. The smallest absolute Gasteiger partial charge is 0.249 e. The highest BCUT2D eigenvalue weighted by Crippen LogP contribution is 2.25. The van der Waals surface area contributed by atoms with Crippen molar-refractivity contribution >= 4 is 5.91 Å². The molecule has 0 aromatic rings. The first-order valence-corrected chi connectivity index (χ1v) is 6.78. The molecule has 0 radical (unpaired) electrons. The van der Waals surface area contributed by atoms with Gasteiger partial charge in [0.15, 0.2) is 0 Å². The molecule has 0 unspecified atom stereocenters. The molecule has 0 bridgehead atoms. The first-order valence-electron chi connectivity index (χ1n) is 6.78. The first-order chi connectivity index (χ1) is 8.09. The standard InChI is InChI=1S/C14H24N2O/c1-10(2)12-4-6-16(7-5-12)14(17)11(3)13-8-15-9-13/h10,12,15H,4-9H2,1-3H3. The maximum absolute atomic E-state index is 12.2. The summed E-state index contributed by atoms with van der Waals surface area (Å²) in [4.78, 5) is 14.3. The van der Waals surface area contributed by atoms with Gasteiger partial charge in [0.1, 0.15) is 0 Å². The lowest BCUT2D eigenvalue weighted by molar-refractivity contribution is -0.128. The molecular formula is C14H24N2O. The Morgan fingerprint density at radius 2 is 1.88 bits per heavy atom. The van der Waals surface area contributed by atoms with E-state index in [1.807, 2.05) is 11.8 Å². The van der Waals surface area contributed by atoms with Crippen LogP contribution in [0, 0.1) is 11.8 Å². The molecule has 0 spiro atoms. The van der Waals surface area contributed by atoms with Crippen LogP contribution in [0.5, 0.6) is 0 Å². The Labute approximate surface area is 104 Å². The fourth-order valence-corrected chi connectivity index (χ4v) is 2.67. The summed E-state index contributed by atoms with van der Waals surface area (Å²) in [5.41, 5.74) is 2.27. The number of nitrogens with one attached hydrogen (secondary N) is 1. The van der Waals surface area contributed by atoms with Crippen LogP contribution in [0.2, 0.25) is 0 Å². The van der Waals surface area contributed by atoms with Crippen LogP contribution in [-0.2, 0) is 4.79 Å². The molecule has 17 heavy (non-hydrogen) atoms. The highest BCUT2D eigenvalue weighted by atomic mass is 16.2. The second kappa shape index (κ2) is 5.21. The van der Waals surface area contributed by atoms with Crippen molar-refractivity contribution in [2.24, 2.45) is 11.8 Å². The van der Waals surface area contributed by atoms with Crippen LogP contribution in [-0.4, -0.2) is 37.0 Å². The summed E-state index contributed by atoms with van der Waals surface area (Å²) in [7, 11) is 0. The predicted molar refractivity (Wildman–Crippen MR) is 69.7 cm³/mol. The molecule has 2 aliphatic heterocycles. The normalized spacial score (nSPS) is 21.6. The Hall–Kier alpha value is -0.830. The topological polar surface area (TPSA) is 32.3 Å². The van der Waals surface area contributed by atoms with Crippen molar-refractivity contribution in [3.8, 4) is 0 Å². The van der Waals surface area contributed by atoms with Gasteiger partial charge in [-0.05, 0) is 37.2 Å². The molecule has 3 heteroatoms. The molecule has 1 amide bonds. The van der Waals surface area contributed by atoms with Crippen molar-refractivity contribution in [3.63, 3.8) is 0 Å². The van der Waals surface area contributed by atoms with Crippen molar-refractivity contribution in [2.45, 2.75) is 33.6 Å². The quantitative estimate of drug-likeness (QED) is 0.742. The van der Waals surface area contributed by atoms with E-state index < -0.39 is 0 Å². The molecule has 2 rings (SSSR count). The minimum Gasteiger partial charge on any atom is -0.339 e. The summed E-state index contributed by atoms with van der Waals surface area (Å²) >= 11 is 0. The monoisotopic (exact) mass is 236 g/mol. The van der Waals surface area contributed by atoms with E-state index in [0.29, 0.717) is 0 Å². The number of piperidine rings is 1. The van der Waals surface area contributed by atoms with Crippen molar-refractivity contribution in [3.05, 3.63) is 11.1 Å². The number of nitrogens with zero attached hydrogens (tertiary/aromatic N) is 1. The zero-order valence-corrected chi connectivity index (χ0v) is 11.3. The summed E-state index contributed by atoms with van der Waals surface area (Å²) in [5.74, 6) is 1.82. The molecule has 0 aromatic heterocycles. The van der Waals surface area contributed by atoms with Gasteiger partial charge >= 0.3 is 0 Å². The molecule has 2 saturated heterocycles. The maximum Gasteiger partial charge on any atom is 0.249 e. The number of amides is 1. The highest BCUT2D eigenvalue weighted by Gasteiger charge is 2.26. The fraction of sp³-hybridized carbons (Fsp3) is 0.786. The summed E-state index contributed by atoms with van der Waals surface area (Å²) < 4.78 is 0. The van der Waals surface area contributed by atoms with Crippen molar-refractivity contribution < 1.29 is 4.79 Å². The Morgan fingerprint density at radius 1 is 1.29 bits per heavy atom. The van der Waals surface area contributed by atoms with Gasteiger partial charge in [-0.15, -0.1) is 0 Å². The third kappa shape index (κ3) is 2.71. The molecular weight excluding hydrogens is 212 g/mol. The van der Waals surface area contributed by atoms with E-state index in [9.17, 15) is 4.79 Å². The lowest BCUT2D eigenvalue weighted by Gasteiger charge is -2.35. The third-order valence-corrected chi connectivity index (χ3v) is 4.30. The number of carbonyl (C=O) groups excluding carboxylic acids is 1. The van der Waals surface area contributed by atoms with Gasteiger partial charge in [-0.3, -0.25) is 4.79 Å². The van der Waals surface area contributed by atoms with Gasteiger partial charge in [-0.2, -0.15) is 0 Å². The van der Waals surface area contributed by atoms with Crippen LogP contribution in [0.3, 0.4) is 0 Å². The average Bonchev–Trinajstić information content (AvgIpc) is 2.25. The van der Waals surface area contributed by atoms with E-state index in [4.69, 9.17) is 0 Å². The van der Waals surface area contributed by atoms with E-state index in [1.165, 1.54) is 18.4 Å². The average molecular weight is 236 g/mol. The van der Waals surface area contributed by atoms with Gasteiger partial charge < -0.3 is 10.2 Å². The SMILES string of the molecule is CC(C(=O)N1CCC(C(C)C)CC1)=C1CNC1. The number of rotatable bonds is 2. The molecule has 1 N–H and O–H groups in total. The van der Waals surface area contributed by atoms with Crippen LogP contribution in [0.1, 0.15) is 33.6 Å². The minimum atomic E-state index is 0.267. The molecule has 3 nitrogen and oxygen atoms in total. The lowest BCUT2D eigenvalue weighted by atomic mass is 9.86. The third-order valence-electron chi connectivity index (χ3n) is 4.30. The summed E-state index contributed by atoms with van der Waals surface area (Å²) in [6.07, 6.45) is 2.34.